The molecule has 1 aromatic heterocycles. The average molecular weight is 276 g/mol. The van der Waals surface area contributed by atoms with Crippen molar-refractivity contribution in [1.29, 1.82) is 0 Å². The van der Waals surface area contributed by atoms with Crippen molar-refractivity contribution in [2.75, 3.05) is 13.1 Å². The van der Waals surface area contributed by atoms with Crippen molar-refractivity contribution < 1.29 is 0 Å². The van der Waals surface area contributed by atoms with Crippen molar-refractivity contribution in [3.05, 3.63) is 18.2 Å². The Morgan fingerprint density at radius 1 is 1.30 bits per heavy atom. The van der Waals surface area contributed by atoms with E-state index in [2.05, 4.69) is 39.8 Å². The Morgan fingerprint density at radius 2 is 2.20 bits per heavy atom. The molecule has 0 aromatic carbocycles. The molecule has 3 atom stereocenters. The Labute approximate surface area is 122 Å². The molecule has 4 nitrogen and oxygen atoms in total. The van der Waals surface area contributed by atoms with Gasteiger partial charge in [-0.3, -0.25) is 4.90 Å². The van der Waals surface area contributed by atoms with E-state index in [4.69, 9.17) is 0 Å². The second kappa shape index (κ2) is 6.27. The summed E-state index contributed by atoms with van der Waals surface area (Å²) in [5, 5.41) is 3.73. The van der Waals surface area contributed by atoms with Crippen LogP contribution < -0.4 is 5.32 Å². The van der Waals surface area contributed by atoms with E-state index in [1.165, 1.54) is 50.9 Å². The van der Waals surface area contributed by atoms with Crippen LogP contribution in [0.5, 0.6) is 0 Å². The maximum absolute atomic E-state index is 4.42. The van der Waals surface area contributed by atoms with Gasteiger partial charge < -0.3 is 9.88 Å². The van der Waals surface area contributed by atoms with Gasteiger partial charge in [0.1, 0.15) is 0 Å². The van der Waals surface area contributed by atoms with Gasteiger partial charge in [-0.25, -0.2) is 4.98 Å². The number of imidazole rings is 1. The number of hydrogen-bond acceptors (Lipinski definition) is 3. The molecule has 1 N–H and O–H groups in total. The van der Waals surface area contributed by atoms with Gasteiger partial charge in [0.15, 0.2) is 0 Å². The molecule has 2 aliphatic heterocycles. The largest absolute Gasteiger partial charge is 0.332 e. The topological polar surface area (TPSA) is 33.1 Å². The van der Waals surface area contributed by atoms with Crippen molar-refractivity contribution in [2.45, 2.75) is 70.6 Å². The fourth-order valence-corrected chi connectivity index (χ4v) is 3.89. The third-order valence-electron chi connectivity index (χ3n) is 5.03. The summed E-state index contributed by atoms with van der Waals surface area (Å²) in [6, 6.07) is 1.84. The highest BCUT2D eigenvalue weighted by Gasteiger charge is 2.26. The van der Waals surface area contributed by atoms with Gasteiger partial charge in [0.2, 0.25) is 0 Å². The summed E-state index contributed by atoms with van der Waals surface area (Å²) in [6.45, 7) is 8.12. The number of likely N-dealkylation sites (N-methyl/N-ethyl adjacent to an activating group) is 1. The van der Waals surface area contributed by atoms with Crippen LogP contribution >= 0.6 is 0 Å². The van der Waals surface area contributed by atoms with E-state index in [9.17, 15) is 0 Å². The molecule has 1 aromatic rings. The number of likely N-dealkylation sites (tertiary alicyclic amines) is 1. The van der Waals surface area contributed by atoms with E-state index in [0.717, 1.165) is 6.54 Å². The lowest BCUT2D eigenvalue weighted by Crippen LogP contribution is -2.37. The molecule has 0 amide bonds. The molecule has 0 radical (unpaired) electrons. The summed E-state index contributed by atoms with van der Waals surface area (Å²) in [7, 11) is 0. The molecule has 20 heavy (non-hydrogen) atoms. The van der Waals surface area contributed by atoms with Gasteiger partial charge in [0.05, 0.1) is 12.0 Å². The summed E-state index contributed by atoms with van der Waals surface area (Å²) in [5.74, 6) is 0. The molecule has 3 unspecified atom stereocenters. The van der Waals surface area contributed by atoms with Crippen molar-refractivity contribution in [3.63, 3.8) is 0 Å². The van der Waals surface area contributed by atoms with Gasteiger partial charge >= 0.3 is 0 Å². The minimum absolute atomic E-state index is 0.498. The van der Waals surface area contributed by atoms with Gasteiger partial charge in [-0.15, -0.1) is 0 Å². The smallest absolute Gasteiger partial charge is 0.0949 e. The molecule has 0 saturated carbocycles. The first kappa shape index (κ1) is 14.1. The predicted octanol–water partition coefficient (Wildman–Crippen LogP) is 2.57. The molecule has 0 aliphatic carbocycles. The molecule has 4 heteroatoms. The van der Waals surface area contributed by atoms with Crippen LogP contribution in [-0.4, -0.2) is 39.6 Å². The number of rotatable bonds is 4. The molecule has 3 heterocycles. The third kappa shape index (κ3) is 2.91. The molecule has 2 aliphatic rings. The second-order valence-corrected chi connectivity index (χ2v) is 6.45. The summed E-state index contributed by atoms with van der Waals surface area (Å²) in [5.41, 5.74) is 1.39. The van der Waals surface area contributed by atoms with Crippen LogP contribution in [0.2, 0.25) is 0 Å². The SMILES string of the molecule is CCN1CCCC1Cn1cncc1C1CCCC(C)N1. The Hall–Kier alpha value is -0.870. The fourth-order valence-electron chi connectivity index (χ4n) is 3.89. The minimum atomic E-state index is 0.498. The van der Waals surface area contributed by atoms with Gasteiger partial charge in [-0.2, -0.15) is 0 Å². The zero-order valence-electron chi connectivity index (χ0n) is 12.9. The second-order valence-electron chi connectivity index (χ2n) is 6.45. The maximum Gasteiger partial charge on any atom is 0.0949 e. The monoisotopic (exact) mass is 276 g/mol. The van der Waals surface area contributed by atoms with Gasteiger partial charge in [-0.05, 0) is 52.1 Å². The molecule has 2 fully saturated rings. The first-order valence-corrected chi connectivity index (χ1v) is 8.28. The summed E-state index contributed by atoms with van der Waals surface area (Å²) < 4.78 is 2.40. The Balaban J connectivity index is 1.70. The van der Waals surface area contributed by atoms with E-state index < -0.39 is 0 Å². The Kier molecular flexibility index (Phi) is 4.41. The maximum atomic E-state index is 4.42. The predicted molar refractivity (Wildman–Crippen MR) is 81.7 cm³/mol. The fraction of sp³-hybridized carbons (Fsp3) is 0.812. The van der Waals surface area contributed by atoms with Gasteiger partial charge in [-0.1, -0.05) is 6.92 Å². The Morgan fingerprint density at radius 3 is 3.00 bits per heavy atom. The Bertz CT molecular complexity index is 428. The zero-order valence-corrected chi connectivity index (χ0v) is 12.9. The number of aromatic nitrogens is 2. The first-order valence-electron chi connectivity index (χ1n) is 8.28. The number of nitrogens with one attached hydrogen (secondary N) is 1. The molecular formula is C16H28N4. The summed E-state index contributed by atoms with van der Waals surface area (Å²) >= 11 is 0. The minimum Gasteiger partial charge on any atom is -0.332 e. The normalized spacial score (nSPS) is 31.8. The highest BCUT2D eigenvalue weighted by atomic mass is 15.2. The molecule has 3 rings (SSSR count). The number of nitrogens with zero attached hydrogens (tertiary/aromatic N) is 3. The van der Waals surface area contributed by atoms with Crippen molar-refractivity contribution in [2.24, 2.45) is 0 Å². The van der Waals surface area contributed by atoms with Crippen LogP contribution in [0.4, 0.5) is 0 Å². The molecule has 0 bridgehead atoms. The molecule has 0 spiro atoms. The van der Waals surface area contributed by atoms with Crippen molar-refractivity contribution >= 4 is 0 Å². The van der Waals surface area contributed by atoms with Crippen LogP contribution in [0.1, 0.15) is 57.7 Å². The molecular weight excluding hydrogens is 248 g/mol. The van der Waals surface area contributed by atoms with Crippen LogP contribution in [0, 0.1) is 0 Å². The van der Waals surface area contributed by atoms with Crippen LogP contribution in [0.15, 0.2) is 12.5 Å². The molecule has 2 saturated heterocycles. The van der Waals surface area contributed by atoms with Crippen LogP contribution in [0.3, 0.4) is 0 Å². The lowest BCUT2D eigenvalue weighted by Gasteiger charge is -2.30. The van der Waals surface area contributed by atoms with Crippen LogP contribution in [0.25, 0.3) is 0 Å². The van der Waals surface area contributed by atoms with E-state index >= 15 is 0 Å². The first-order chi connectivity index (χ1) is 9.78. The number of piperidine rings is 1. The van der Waals surface area contributed by atoms with E-state index in [1.54, 1.807) is 0 Å². The van der Waals surface area contributed by atoms with E-state index in [0.29, 0.717) is 18.1 Å². The standard InChI is InChI=1S/C16H28N4/c1-3-19-9-5-7-14(19)11-20-12-17-10-16(20)15-8-4-6-13(2)18-15/h10,12-15,18H,3-9,11H2,1-2H3. The van der Waals surface area contributed by atoms with Gasteiger partial charge in [0.25, 0.3) is 0 Å². The van der Waals surface area contributed by atoms with E-state index in [1.807, 2.05) is 6.33 Å². The summed E-state index contributed by atoms with van der Waals surface area (Å²) in [6.07, 6.45) is 10.7. The highest BCUT2D eigenvalue weighted by molar-refractivity contribution is 5.07. The lowest BCUT2D eigenvalue weighted by atomic mass is 9.97. The summed E-state index contributed by atoms with van der Waals surface area (Å²) in [4.78, 5) is 7.03. The lowest BCUT2D eigenvalue weighted by molar-refractivity contribution is 0.238. The zero-order chi connectivity index (χ0) is 13.9. The van der Waals surface area contributed by atoms with Crippen molar-refractivity contribution in [3.8, 4) is 0 Å². The molecule has 112 valence electrons. The van der Waals surface area contributed by atoms with Crippen LogP contribution in [-0.2, 0) is 6.54 Å². The highest BCUT2D eigenvalue weighted by Crippen LogP contribution is 2.26. The van der Waals surface area contributed by atoms with Crippen molar-refractivity contribution in [1.82, 2.24) is 19.8 Å². The average Bonchev–Trinajstić information content (AvgIpc) is 3.08. The number of hydrogen-bond donors (Lipinski definition) is 1. The third-order valence-corrected chi connectivity index (χ3v) is 5.03. The van der Waals surface area contributed by atoms with E-state index in [-0.39, 0.29) is 0 Å². The quantitative estimate of drug-likeness (QED) is 0.917. The van der Waals surface area contributed by atoms with Gasteiger partial charge in [0, 0.05) is 30.9 Å².